The molecule has 1 aliphatic rings. The quantitative estimate of drug-likeness (QED) is 0.890. The average Bonchev–Trinajstić information content (AvgIpc) is 2.75. The molecule has 0 aliphatic carbocycles. The summed E-state index contributed by atoms with van der Waals surface area (Å²) in [5, 5.41) is 13.8. The highest BCUT2D eigenvalue weighted by Gasteiger charge is 2.42. The minimum Gasteiger partial charge on any atom is -0.480 e. The van der Waals surface area contributed by atoms with Crippen LogP contribution in [0.1, 0.15) is 45.9 Å². The molecule has 6 heteroatoms. The van der Waals surface area contributed by atoms with Crippen molar-refractivity contribution in [3.05, 3.63) is 12.2 Å². The van der Waals surface area contributed by atoms with Gasteiger partial charge < -0.3 is 5.11 Å². The summed E-state index contributed by atoms with van der Waals surface area (Å²) < 4.78 is 1.88. The third kappa shape index (κ3) is 3.00. The topological polar surface area (TPSA) is 71.2 Å². The zero-order valence-electron chi connectivity index (χ0n) is 12.5. The van der Waals surface area contributed by atoms with Crippen molar-refractivity contribution in [3.63, 3.8) is 0 Å². The van der Waals surface area contributed by atoms with E-state index in [1.165, 1.54) is 0 Å². The fraction of sp³-hybridized carbons (Fsp3) is 0.786. The molecule has 1 atom stereocenters. The first-order chi connectivity index (χ1) is 9.45. The van der Waals surface area contributed by atoms with Crippen molar-refractivity contribution in [1.82, 2.24) is 19.7 Å². The maximum absolute atomic E-state index is 11.6. The van der Waals surface area contributed by atoms with Crippen LogP contribution in [0, 0.1) is 5.41 Å². The predicted molar refractivity (Wildman–Crippen MR) is 75.2 cm³/mol. The minimum absolute atomic E-state index is 0.209. The van der Waals surface area contributed by atoms with E-state index in [9.17, 15) is 9.90 Å². The summed E-state index contributed by atoms with van der Waals surface area (Å²) in [5.41, 5.74) is -0.209. The van der Waals surface area contributed by atoms with Gasteiger partial charge in [-0.3, -0.25) is 9.69 Å². The van der Waals surface area contributed by atoms with Gasteiger partial charge in [-0.05, 0) is 31.2 Å². The number of carboxylic acids is 1. The first-order valence-corrected chi connectivity index (χ1v) is 7.29. The number of piperidine rings is 1. The Morgan fingerprint density at radius 2 is 2.30 bits per heavy atom. The summed E-state index contributed by atoms with van der Waals surface area (Å²) in [5.74, 6) is 0.118. The molecule has 1 N–H and O–H groups in total. The van der Waals surface area contributed by atoms with Gasteiger partial charge in [0.05, 0.1) is 6.54 Å². The van der Waals surface area contributed by atoms with Crippen LogP contribution in [0.3, 0.4) is 0 Å². The Bertz CT molecular complexity index is 469. The molecule has 20 heavy (non-hydrogen) atoms. The lowest BCUT2D eigenvalue weighted by Gasteiger charge is -2.43. The number of carbonyl (C=O) groups is 1. The van der Waals surface area contributed by atoms with Crippen molar-refractivity contribution in [2.75, 3.05) is 6.54 Å². The molecule has 0 aromatic carbocycles. The highest BCUT2D eigenvalue weighted by atomic mass is 16.4. The molecule has 0 amide bonds. The molecule has 0 bridgehead atoms. The van der Waals surface area contributed by atoms with Crippen molar-refractivity contribution >= 4 is 5.97 Å². The summed E-state index contributed by atoms with van der Waals surface area (Å²) in [4.78, 5) is 18.0. The van der Waals surface area contributed by atoms with Crippen LogP contribution >= 0.6 is 0 Å². The van der Waals surface area contributed by atoms with Crippen LogP contribution in [0.2, 0.25) is 0 Å². The van der Waals surface area contributed by atoms with Gasteiger partial charge >= 0.3 is 5.97 Å². The predicted octanol–water partition coefficient (Wildman–Crippen LogP) is 1.76. The third-order valence-corrected chi connectivity index (χ3v) is 4.08. The van der Waals surface area contributed by atoms with Gasteiger partial charge in [0, 0.05) is 6.54 Å². The molecule has 0 saturated carbocycles. The van der Waals surface area contributed by atoms with Gasteiger partial charge in [-0.15, -0.1) is 0 Å². The average molecular weight is 280 g/mol. The van der Waals surface area contributed by atoms with E-state index in [0.717, 1.165) is 38.2 Å². The molecule has 2 rings (SSSR count). The van der Waals surface area contributed by atoms with Crippen LogP contribution in [0.15, 0.2) is 6.33 Å². The maximum atomic E-state index is 11.6. The van der Waals surface area contributed by atoms with Gasteiger partial charge in [0.2, 0.25) is 0 Å². The van der Waals surface area contributed by atoms with Crippen LogP contribution in [-0.2, 0) is 17.9 Å². The molecule has 1 unspecified atom stereocenters. The highest BCUT2D eigenvalue weighted by Crippen LogP contribution is 2.35. The van der Waals surface area contributed by atoms with E-state index in [2.05, 4.69) is 17.0 Å². The Balaban J connectivity index is 2.17. The largest absolute Gasteiger partial charge is 0.480 e. The summed E-state index contributed by atoms with van der Waals surface area (Å²) in [6.45, 7) is 8.35. The summed E-state index contributed by atoms with van der Waals surface area (Å²) in [7, 11) is 0. The number of carboxylic acid groups (broad SMARTS) is 1. The number of hydrogen-bond donors (Lipinski definition) is 1. The summed E-state index contributed by atoms with van der Waals surface area (Å²) in [6.07, 6.45) is 4.51. The zero-order valence-corrected chi connectivity index (χ0v) is 12.5. The molecule has 112 valence electrons. The number of aryl methyl sites for hydroxylation is 1. The zero-order chi connectivity index (χ0) is 14.8. The molecule has 1 fully saturated rings. The molecule has 6 nitrogen and oxygen atoms in total. The number of aromatic nitrogens is 3. The van der Waals surface area contributed by atoms with E-state index in [4.69, 9.17) is 0 Å². The lowest BCUT2D eigenvalue weighted by molar-refractivity contribution is -0.151. The first-order valence-electron chi connectivity index (χ1n) is 7.29. The van der Waals surface area contributed by atoms with Crippen molar-refractivity contribution in [1.29, 1.82) is 0 Å². The second-order valence-electron chi connectivity index (χ2n) is 6.20. The van der Waals surface area contributed by atoms with Gasteiger partial charge in [0.25, 0.3) is 0 Å². The number of nitrogens with zero attached hydrogens (tertiary/aromatic N) is 4. The van der Waals surface area contributed by atoms with Crippen LogP contribution < -0.4 is 0 Å². The maximum Gasteiger partial charge on any atom is 0.321 e. The van der Waals surface area contributed by atoms with E-state index in [0.29, 0.717) is 6.54 Å². The van der Waals surface area contributed by atoms with Gasteiger partial charge in [0.1, 0.15) is 18.2 Å². The van der Waals surface area contributed by atoms with Crippen molar-refractivity contribution in [2.45, 2.75) is 59.2 Å². The molecule has 0 radical (unpaired) electrons. The Morgan fingerprint density at radius 1 is 1.55 bits per heavy atom. The van der Waals surface area contributed by atoms with Gasteiger partial charge in [-0.1, -0.05) is 20.8 Å². The molecular formula is C14H24N4O2. The van der Waals surface area contributed by atoms with E-state index in [1.807, 2.05) is 23.4 Å². The molecule has 1 saturated heterocycles. The lowest BCUT2D eigenvalue weighted by Crippen LogP contribution is -2.53. The molecule has 1 aromatic heterocycles. The normalized spacial score (nSPS) is 22.9. The van der Waals surface area contributed by atoms with E-state index in [-0.39, 0.29) is 5.41 Å². The van der Waals surface area contributed by atoms with Crippen molar-refractivity contribution < 1.29 is 9.90 Å². The standard InChI is InChI=1S/C14H24N4O2/c1-4-7-18-11(15-10-16-18)9-17-8-5-6-14(2,3)12(17)13(19)20/h10,12H,4-9H2,1-3H3,(H,19,20). The summed E-state index contributed by atoms with van der Waals surface area (Å²) in [6, 6.07) is -0.456. The van der Waals surface area contributed by atoms with Crippen LogP contribution in [0.4, 0.5) is 0 Å². The van der Waals surface area contributed by atoms with Crippen LogP contribution in [0.5, 0.6) is 0 Å². The smallest absolute Gasteiger partial charge is 0.321 e. The Kier molecular flexibility index (Phi) is 4.42. The van der Waals surface area contributed by atoms with Crippen LogP contribution in [-0.4, -0.2) is 43.3 Å². The van der Waals surface area contributed by atoms with Crippen LogP contribution in [0.25, 0.3) is 0 Å². The van der Waals surface area contributed by atoms with Crippen molar-refractivity contribution in [2.24, 2.45) is 5.41 Å². The molecule has 1 aromatic rings. The molecule has 1 aliphatic heterocycles. The third-order valence-electron chi connectivity index (χ3n) is 4.08. The molecule has 2 heterocycles. The van der Waals surface area contributed by atoms with Gasteiger partial charge in [0.15, 0.2) is 0 Å². The summed E-state index contributed by atoms with van der Waals surface area (Å²) >= 11 is 0. The fourth-order valence-corrected chi connectivity index (χ4v) is 3.15. The monoisotopic (exact) mass is 280 g/mol. The second-order valence-corrected chi connectivity index (χ2v) is 6.20. The van der Waals surface area contributed by atoms with E-state index >= 15 is 0 Å². The molecule has 0 spiro atoms. The lowest BCUT2D eigenvalue weighted by atomic mass is 9.76. The molecular weight excluding hydrogens is 256 g/mol. The number of aliphatic carboxylic acids is 1. The number of rotatable bonds is 5. The second kappa shape index (κ2) is 5.91. The number of hydrogen-bond acceptors (Lipinski definition) is 4. The van der Waals surface area contributed by atoms with E-state index < -0.39 is 12.0 Å². The SMILES string of the molecule is CCCn1ncnc1CN1CCCC(C)(C)C1C(=O)O. The Labute approximate surface area is 119 Å². The first kappa shape index (κ1) is 15.0. The van der Waals surface area contributed by atoms with Gasteiger partial charge in [-0.25, -0.2) is 9.67 Å². The fourth-order valence-electron chi connectivity index (χ4n) is 3.15. The number of likely N-dealkylation sites (tertiary alicyclic amines) is 1. The Hall–Kier alpha value is -1.43. The van der Waals surface area contributed by atoms with Gasteiger partial charge in [-0.2, -0.15) is 5.10 Å². The minimum atomic E-state index is -0.740. The Morgan fingerprint density at radius 3 is 2.95 bits per heavy atom. The van der Waals surface area contributed by atoms with Crippen molar-refractivity contribution in [3.8, 4) is 0 Å². The van der Waals surface area contributed by atoms with E-state index in [1.54, 1.807) is 6.33 Å². The highest BCUT2D eigenvalue weighted by molar-refractivity contribution is 5.74.